The Labute approximate surface area is 85.3 Å². The Morgan fingerprint density at radius 1 is 1.23 bits per heavy atom. The quantitative estimate of drug-likeness (QED) is 0.674. The lowest BCUT2D eigenvalue weighted by Crippen LogP contribution is -2.08. The number of benzene rings is 1. The Balaban J connectivity index is 2.70. The van der Waals surface area contributed by atoms with Crippen LogP contribution in [0.15, 0.2) is 24.3 Å². The van der Waals surface area contributed by atoms with E-state index in [0.29, 0.717) is 0 Å². The molecule has 0 aliphatic heterocycles. The third kappa shape index (κ3) is 3.27. The second-order valence-electron chi connectivity index (χ2n) is 3.55. The fourth-order valence-electron chi connectivity index (χ4n) is 1.25. The summed E-state index contributed by atoms with van der Waals surface area (Å²) in [6, 6.07) is 8.51. The van der Waals surface area contributed by atoms with Crippen LogP contribution in [0.4, 0.5) is 5.69 Å². The Hall–Kier alpha value is -0.690. The van der Waals surface area contributed by atoms with E-state index in [2.05, 4.69) is 29.2 Å². The van der Waals surface area contributed by atoms with Crippen LogP contribution >= 0.6 is 11.6 Å². The number of alkyl halides is 1. The smallest absolute Gasteiger partial charge is 0.0361 e. The van der Waals surface area contributed by atoms with E-state index in [9.17, 15) is 0 Å². The molecule has 0 N–H and O–H groups in total. The van der Waals surface area contributed by atoms with E-state index in [0.717, 1.165) is 6.42 Å². The van der Waals surface area contributed by atoms with E-state index in [4.69, 9.17) is 11.6 Å². The predicted molar refractivity (Wildman–Crippen MR) is 59.8 cm³/mol. The van der Waals surface area contributed by atoms with Gasteiger partial charge in [-0.1, -0.05) is 12.1 Å². The van der Waals surface area contributed by atoms with Gasteiger partial charge in [0, 0.05) is 25.2 Å². The maximum absolute atomic E-state index is 5.90. The first-order chi connectivity index (χ1) is 6.09. The second-order valence-corrected chi connectivity index (χ2v) is 4.29. The van der Waals surface area contributed by atoms with Gasteiger partial charge in [0.1, 0.15) is 0 Å². The highest BCUT2D eigenvalue weighted by atomic mass is 35.5. The molecular formula is C11H16ClN. The number of nitrogens with zero attached hydrogens (tertiary/aromatic N) is 1. The Morgan fingerprint density at radius 2 is 1.77 bits per heavy atom. The Kier molecular flexibility index (Phi) is 3.61. The summed E-state index contributed by atoms with van der Waals surface area (Å²) in [6.07, 6.45) is 0.940. The summed E-state index contributed by atoms with van der Waals surface area (Å²) in [5.74, 6) is 0. The zero-order valence-electron chi connectivity index (χ0n) is 8.42. The predicted octanol–water partition coefficient (Wildman–Crippen LogP) is 2.92. The van der Waals surface area contributed by atoms with E-state index < -0.39 is 0 Å². The van der Waals surface area contributed by atoms with Crippen molar-refractivity contribution in [3.63, 3.8) is 0 Å². The molecule has 2 heteroatoms. The number of halogens is 1. The van der Waals surface area contributed by atoms with Crippen molar-refractivity contribution in [1.29, 1.82) is 0 Å². The van der Waals surface area contributed by atoms with Crippen molar-refractivity contribution < 1.29 is 0 Å². The molecule has 0 heterocycles. The molecule has 72 valence electrons. The van der Waals surface area contributed by atoms with Crippen molar-refractivity contribution in [3.8, 4) is 0 Å². The van der Waals surface area contributed by atoms with Crippen LogP contribution in [-0.2, 0) is 6.42 Å². The van der Waals surface area contributed by atoms with Gasteiger partial charge >= 0.3 is 0 Å². The molecule has 1 aromatic carbocycles. The second kappa shape index (κ2) is 4.52. The van der Waals surface area contributed by atoms with Gasteiger partial charge in [-0.3, -0.25) is 0 Å². The molecule has 0 aliphatic rings. The minimum Gasteiger partial charge on any atom is -0.378 e. The summed E-state index contributed by atoms with van der Waals surface area (Å²) in [7, 11) is 4.08. The van der Waals surface area contributed by atoms with E-state index >= 15 is 0 Å². The standard InChI is InChI=1S/C11H16ClN/c1-9(12)8-10-4-6-11(7-5-10)13(2)3/h4-7,9H,8H2,1-3H3. The van der Waals surface area contributed by atoms with Crippen molar-refractivity contribution in [2.75, 3.05) is 19.0 Å². The van der Waals surface area contributed by atoms with Gasteiger partial charge in [0.05, 0.1) is 0 Å². The van der Waals surface area contributed by atoms with E-state index in [-0.39, 0.29) is 5.38 Å². The molecule has 0 aromatic heterocycles. The molecule has 0 amide bonds. The molecule has 13 heavy (non-hydrogen) atoms. The molecule has 0 aliphatic carbocycles. The highest BCUT2D eigenvalue weighted by molar-refractivity contribution is 6.20. The highest BCUT2D eigenvalue weighted by Crippen LogP contribution is 2.14. The molecule has 1 aromatic rings. The lowest BCUT2D eigenvalue weighted by Gasteiger charge is -2.12. The van der Waals surface area contributed by atoms with Crippen molar-refractivity contribution in [2.45, 2.75) is 18.7 Å². The van der Waals surface area contributed by atoms with Crippen molar-refractivity contribution in [1.82, 2.24) is 0 Å². The number of hydrogen-bond acceptors (Lipinski definition) is 1. The first-order valence-electron chi connectivity index (χ1n) is 4.50. The Bertz CT molecular complexity index is 251. The minimum absolute atomic E-state index is 0.213. The number of anilines is 1. The molecule has 1 rings (SSSR count). The fraction of sp³-hybridized carbons (Fsp3) is 0.455. The van der Waals surface area contributed by atoms with Gasteiger partial charge in [0.15, 0.2) is 0 Å². The average molecular weight is 198 g/mol. The van der Waals surface area contributed by atoms with Gasteiger partial charge in [0.25, 0.3) is 0 Å². The summed E-state index contributed by atoms with van der Waals surface area (Å²) >= 11 is 5.90. The van der Waals surface area contributed by atoms with Crippen LogP contribution in [-0.4, -0.2) is 19.5 Å². The molecule has 0 saturated carbocycles. The fourth-order valence-corrected chi connectivity index (χ4v) is 1.43. The lowest BCUT2D eigenvalue weighted by atomic mass is 10.1. The van der Waals surface area contributed by atoms with Crippen molar-refractivity contribution in [2.24, 2.45) is 0 Å². The average Bonchev–Trinajstić information content (AvgIpc) is 2.04. The van der Waals surface area contributed by atoms with Gasteiger partial charge in [-0.05, 0) is 31.0 Å². The van der Waals surface area contributed by atoms with Crippen LogP contribution in [0.3, 0.4) is 0 Å². The molecule has 0 fully saturated rings. The van der Waals surface area contributed by atoms with Crippen LogP contribution in [0.2, 0.25) is 0 Å². The van der Waals surface area contributed by atoms with Crippen LogP contribution in [0, 0.1) is 0 Å². The zero-order valence-corrected chi connectivity index (χ0v) is 9.17. The van der Waals surface area contributed by atoms with Crippen LogP contribution in [0.1, 0.15) is 12.5 Å². The van der Waals surface area contributed by atoms with Crippen molar-refractivity contribution >= 4 is 17.3 Å². The lowest BCUT2D eigenvalue weighted by molar-refractivity contribution is 0.930. The third-order valence-corrected chi connectivity index (χ3v) is 2.12. The normalized spacial score (nSPS) is 12.6. The molecule has 1 unspecified atom stereocenters. The van der Waals surface area contributed by atoms with Crippen LogP contribution < -0.4 is 4.90 Å². The summed E-state index contributed by atoms with van der Waals surface area (Å²) in [5, 5.41) is 0.213. The van der Waals surface area contributed by atoms with Crippen molar-refractivity contribution in [3.05, 3.63) is 29.8 Å². The third-order valence-electron chi connectivity index (χ3n) is 1.97. The maximum Gasteiger partial charge on any atom is 0.0361 e. The monoisotopic (exact) mass is 197 g/mol. The van der Waals surface area contributed by atoms with Gasteiger partial charge in [0.2, 0.25) is 0 Å². The van der Waals surface area contributed by atoms with Gasteiger partial charge in [-0.15, -0.1) is 11.6 Å². The molecule has 0 bridgehead atoms. The van der Waals surface area contributed by atoms with Crippen LogP contribution in [0.25, 0.3) is 0 Å². The summed E-state index contributed by atoms with van der Waals surface area (Å²) < 4.78 is 0. The summed E-state index contributed by atoms with van der Waals surface area (Å²) in [5.41, 5.74) is 2.53. The van der Waals surface area contributed by atoms with E-state index in [1.54, 1.807) is 0 Å². The maximum atomic E-state index is 5.90. The molecule has 0 radical (unpaired) electrons. The van der Waals surface area contributed by atoms with Gasteiger partial charge in [-0.25, -0.2) is 0 Å². The first kappa shape index (κ1) is 10.4. The van der Waals surface area contributed by atoms with Crippen LogP contribution in [0.5, 0.6) is 0 Å². The van der Waals surface area contributed by atoms with Gasteiger partial charge in [-0.2, -0.15) is 0 Å². The summed E-state index contributed by atoms with van der Waals surface area (Å²) in [4.78, 5) is 2.09. The largest absolute Gasteiger partial charge is 0.378 e. The zero-order chi connectivity index (χ0) is 9.84. The number of hydrogen-bond donors (Lipinski definition) is 0. The topological polar surface area (TPSA) is 3.24 Å². The Morgan fingerprint density at radius 3 is 2.15 bits per heavy atom. The first-order valence-corrected chi connectivity index (χ1v) is 4.93. The summed E-state index contributed by atoms with van der Waals surface area (Å²) in [6.45, 7) is 2.02. The SMILES string of the molecule is CC(Cl)Cc1ccc(N(C)C)cc1. The highest BCUT2D eigenvalue weighted by Gasteiger charge is 1.99. The van der Waals surface area contributed by atoms with E-state index in [1.165, 1.54) is 11.3 Å². The van der Waals surface area contributed by atoms with Gasteiger partial charge < -0.3 is 4.90 Å². The number of rotatable bonds is 3. The molecule has 1 atom stereocenters. The minimum atomic E-state index is 0.213. The molecule has 1 nitrogen and oxygen atoms in total. The molecular weight excluding hydrogens is 182 g/mol. The molecule has 0 saturated heterocycles. The molecule has 0 spiro atoms. The van der Waals surface area contributed by atoms with E-state index in [1.807, 2.05) is 21.0 Å².